The van der Waals surface area contributed by atoms with Crippen molar-refractivity contribution in [1.29, 1.82) is 0 Å². The molecule has 0 radical (unpaired) electrons. The fraction of sp³-hybridized carbons (Fsp3) is 0.0154. The van der Waals surface area contributed by atoms with Gasteiger partial charge in [-0.05, 0) is 127 Å². The first-order chi connectivity index (χ1) is 33.7. The Morgan fingerprint density at radius 1 is 0.353 bits per heavy atom. The van der Waals surface area contributed by atoms with Gasteiger partial charge in [-0.15, -0.1) is 0 Å². The third kappa shape index (κ3) is 5.79. The highest BCUT2D eigenvalue weighted by atomic mass is 32.2. The van der Waals surface area contributed by atoms with Gasteiger partial charge in [0.2, 0.25) is 0 Å². The molecular weight excluding hydrogens is 843 g/mol. The van der Waals surface area contributed by atoms with Gasteiger partial charge < -0.3 is 9.32 Å². The molecule has 0 atom stereocenters. The predicted octanol–water partition coefficient (Wildman–Crippen LogP) is 18.0. The monoisotopic (exact) mass is 883 g/mol. The normalized spacial score (nSPS) is 13.1. The maximum absolute atomic E-state index is 7.05. The zero-order valence-electron chi connectivity index (χ0n) is 36.9. The fourth-order valence-corrected chi connectivity index (χ4v) is 12.6. The summed E-state index contributed by atoms with van der Waals surface area (Å²) in [5.74, 6) is 0. The molecule has 0 bridgehead atoms. The first kappa shape index (κ1) is 38.9. The molecule has 1 aromatic heterocycles. The van der Waals surface area contributed by atoms with Crippen molar-refractivity contribution in [1.82, 2.24) is 0 Å². The van der Waals surface area contributed by atoms with Gasteiger partial charge in [0.1, 0.15) is 11.2 Å². The van der Waals surface area contributed by atoms with Crippen molar-refractivity contribution < 1.29 is 4.42 Å². The zero-order valence-corrected chi connectivity index (χ0v) is 37.8. The average molecular weight is 884 g/mol. The van der Waals surface area contributed by atoms with Crippen LogP contribution in [0.1, 0.15) is 22.3 Å². The number of furan rings is 1. The van der Waals surface area contributed by atoms with Crippen LogP contribution in [0.4, 0.5) is 17.1 Å². The van der Waals surface area contributed by atoms with Crippen molar-refractivity contribution in [2.45, 2.75) is 15.2 Å². The smallest absolute Gasteiger partial charge is 0.145 e. The van der Waals surface area contributed by atoms with Gasteiger partial charge in [0.25, 0.3) is 0 Å². The largest absolute Gasteiger partial charge is 0.455 e. The summed E-state index contributed by atoms with van der Waals surface area (Å²) in [6.07, 6.45) is 0. The number of hydrogen-bond acceptors (Lipinski definition) is 3. The SMILES string of the molecule is c1ccc(-c2ccccc2-c2ccc(N(c3cccc(-c4ccc5ccccc5c4)c3)c3ccc4c(c3)Sc3ccccc3C43c4ccccc4-c4ccccc43)c3c2oc2ccccc23)cc1. The summed E-state index contributed by atoms with van der Waals surface area (Å²) in [7, 11) is 0. The van der Waals surface area contributed by atoms with Crippen LogP contribution in [-0.4, -0.2) is 0 Å². The molecule has 1 aliphatic carbocycles. The van der Waals surface area contributed by atoms with E-state index in [-0.39, 0.29) is 0 Å². The van der Waals surface area contributed by atoms with Gasteiger partial charge in [-0.1, -0.05) is 206 Å². The summed E-state index contributed by atoms with van der Waals surface area (Å²) >= 11 is 1.88. The lowest BCUT2D eigenvalue weighted by Gasteiger charge is -2.40. The Kier molecular flexibility index (Phi) is 8.77. The number of benzene rings is 11. The number of anilines is 3. The Balaban J connectivity index is 1.03. The molecule has 1 spiro atoms. The van der Waals surface area contributed by atoms with E-state index in [2.05, 4.69) is 254 Å². The standard InChI is InChI=1S/C65H41NOS/c1-2-18-43(19-3-1)49-23-6-7-24-50(49)53-36-38-59(63-54-27-10-14-31-60(54)67-64(53)63)66(47-22-16-21-45(40-47)46-34-33-42-17-4-5-20-44(42)39-46)48-35-37-58-62(41-48)68-61-32-15-13-30-57(61)65(58)55-28-11-8-25-51(55)52-26-9-12-29-56(52)65/h1-41H. The Hall–Kier alpha value is -8.37. The maximum atomic E-state index is 7.05. The van der Waals surface area contributed by atoms with E-state index in [9.17, 15) is 0 Å². The second-order valence-electron chi connectivity index (χ2n) is 17.9. The van der Waals surface area contributed by atoms with Gasteiger partial charge in [-0.2, -0.15) is 0 Å². The van der Waals surface area contributed by atoms with Crippen molar-refractivity contribution in [3.05, 3.63) is 271 Å². The average Bonchev–Trinajstić information content (AvgIpc) is 3.94. The van der Waals surface area contributed by atoms with E-state index in [4.69, 9.17) is 4.42 Å². The molecule has 2 heterocycles. The van der Waals surface area contributed by atoms with Crippen LogP contribution in [0, 0.1) is 0 Å². The summed E-state index contributed by atoms with van der Waals surface area (Å²) in [5, 5.41) is 4.60. The van der Waals surface area contributed by atoms with Crippen molar-refractivity contribution >= 4 is 61.5 Å². The third-order valence-corrected chi connectivity index (χ3v) is 15.5. The van der Waals surface area contributed by atoms with E-state index in [1.54, 1.807) is 0 Å². The molecule has 0 amide bonds. The van der Waals surface area contributed by atoms with Gasteiger partial charge in [0, 0.05) is 32.1 Å². The van der Waals surface area contributed by atoms with Crippen LogP contribution >= 0.6 is 11.8 Å². The maximum Gasteiger partial charge on any atom is 0.145 e. The molecule has 0 unspecified atom stereocenters. The summed E-state index contributed by atoms with van der Waals surface area (Å²) in [4.78, 5) is 4.98. The Morgan fingerprint density at radius 3 is 1.79 bits per heavy atom. The summed E-state index contributed by atoms with van der Waals surface area (Å²) in [5.41, 5.74) is 19.2. The van der Waals surface area contributed by atoms with Crippen molar-refractivity contribution in [2.24, 2.45) is 0 Å². The molecular formula is C65H41NOS. The number of hydrogen-bond donors (Lipinski definition) is 0. The summed E-state index contributed by atoms with van der Waals surface area (Å²) in [6.45, 7) is 0. The van der Waals surface area contributed by atoms with Gasteiger partial charge in [0.15, 0.2) is 0 Å². The van der Waals surface area contributed by atoms with Crippen LogP contribution in [0.15, 0.2) is 263 Å². The van der Waals surface area contributed by atoms with Gasteiger partial charge >= 0.3 is 0 Å². The van der Waals surface area contributed by atoms with Crippen LogP contribution in [-0.2, 0) is 5.41 Å². The van der Waals surface area contributed by atoms with Crippen LogP contribution in [0.5, 0.6) is 0 Å². The lowest BCUT2D eigenvalue weighted by Crippen LogP contribution is -2.32. The van der Waals surface area contributed by atoms with Crippen LogP contribution in [0.3, 0.4) is 0 Å². The van der Waals surface area contributed by atoms with Crippen molar-refractivity contribution in [2.75, 3.05) is 4.90 Å². The molecule has 12 aromatic rings. The number of para-hydroxylation sites is 1. The molecule has 2 nitrogen and oxygen atoms in total. The van der Waals surface area contributed by atoms with Gasteiger partial charge in [-0.3, -0.25) is 0 Å². The minimum atomic E-state index is -0.467. The number of nitrogens with zero attached hydrogens (tertiary/aromatic N) is 1. The van der Waals surface area contributed by atoms with Crippen LogP contribution < -0.4 is 4.90 Å². The molecule has 14 rings (SSSR count). The first-order valence-corrected chi connectivity index (χ1v) is 24.1. The molecule has 0 N–H and O–H groups in total. The minimum Gasteiger partial charge on any atom is -0.455 e. The topological polar surface area (TPSA) is 16.4 Å². The van der Waals surface area contributed by atoms with E-state index in [1.807, 2.05) is 11.8 Å². The third-order valence-electron chi connectivity index (χ3n) is 14.3. The molecule has 0 fully saturated rings. The highest BCUT2D eigenvalue weighted by Gasteiger charge is 2.50. The predicted molar refractivity (Wildman–Crippen MR) is 284 cm³/mol. The Bertz CT molecular complexity index is 3930. The molecule has 1 aliphatic heterocycles. The Labute approximate surface area is 399 Å². The quantitative estimate of drug-likeness (QED) is 0.166. The van der Waals surface area contributed by atoms with E-state index >= 15 is 0 Å². The van der Waals surface area contributed by atoms with Gasteiger partial charge in [0.05, 0.1) is 16.5 Å². The highest BCUT2D eigenvalue weighted by Crippen LogP contribution is 2.63. The van der Waals surface area contributed by atoms with Crippen LogP contribution in [0.2, 0.25) is 0 Å². The van der Waals surface area contributed by atoms with Gasteiger partial charge in [-0.25, -0.2) is 0 Å². The molecule has 2 aliphatic rings. The highest BCUT2D eigenvalue weighted by molar-refractivity contribution is 7.99. The lowest BCUT2D eigenvalue weighted by molar-refractivity contribution is 0.670. The van der Waals surface area contributed by atoms with Crippen molar-refractivity contribution in [3.8, 4) is 44.5 Å². The lowest BCUT2D eigenvalue weighted by atomic mass is 9.67. The molecule has 0 saturated carbocycles. The molecule has 11 aromatic carbocycles. The second-order valence-corrected chi connectivity index (χ2v) is 19.0. The molecule has 68 heavy (non-hydrogen) atoms. The van der Waals surface area contributed by atoms with E-state index in [0.717, 1.165) is 55.7 Å². The summed E-state index contributed by atoms with van der Waals surface area (Å²) < 4.78 is 7.05. The second kappa shape index (κ2) is 15.4. The fourth-order valence-electron chi connectivity index (χ4n) is 11.4. The number of fused-ring (bicyclic) bond motifs is 13. The minimum absolute atomic E-state index is 0.467. The zero-order chi connectivity index (χ0) is 44.8. The molecule has 3 heteroatoms. The molecule has 0 saturated heterocycles. The molecule has 318 valence electrons. The van der Waals surface area contributed by atoms with Crippen molar-refractivity contribution in [3.63, 3.8) is 0 Å². The van der Waals surface area contributed by atoms with E-state index in [0.29, 0.717) is 0 Å². The van der Waals surface area contributed by atoms with E-state index < -0.39 is 5.41 Å². The first-order valence-electron chi connectivity index (χ1n) is 23.3. The van der Waals surface area contributed by atoms with E-state index in [1.165, 1.54) is 70.6 Å². The number of rotatable bonds is 6. The summed E-state index contributed by atoms with van der Waals surface area (Å²) in [6, 6.07) is 91.2. The van der Waals surface area contributed by atoms with Crippen LogP contribution in [0.25, 0.3) is 77.2 Å². The Morgan fingerprint density at radius 2 is 0.971 bits per heavy atom.